The van der Waals surface area contributed by atoms with Gasteiger partial charge in [-0.1, -0.05) is 0 Å². The third-order valence-corrected chi connectivity index (χ3v) is 5.66. The molecule has 0 aliphatic carbocycles. The van der Waals surface area contributed by atoms with Crippen molar-refractivity contribution in [2.24, 2.45) is 5.84 Å². The number of carbonyl (C=O) groups excluding carboxylic acids is 1. The predicted molar refractivity (Wildman–Crippen MR) is 129 cm³/mol. The van der Waals surface area contributed by atoms with Crippen LogP contribution in [-0.2, 0) is 6.54 Å². The Morgan fingerprint density at radius 1 is 1.11 bits per heavy atom. The highest BCUT2D eigenvalue weighted by molar-refractivity contribution is 6.07. The molecule has 0 bridgehead atoms. The number of furan rings is 1. The van der Waals surface area contributed by atoms with E-state index >= 15 is 0 Å². The standard InChI is InChI=1S/C23H26F2N8O2/c1-30(9-11-31(2)18-6-5-15(24)14-17(18)25)10-12-32-8-7-16-20(32)28-23(26)29-21(16)33(27)22(34)19-4-3-13-35-19/h3-8,13-14H,9-12,27H2,1-2H3,(H2,26,28,29). The molecular formula is C23H26F2N8O2. The molecule has 0 radical (unpaired) electrons. The highest BCUT2D eigenvalue weighted by Crippen LogP contribution is 2.25. The number of halogens is 2. The summed E-state index contributed by atoms with van der Waals surface area (Å²) in [6.45, 7) is 2.41. The average molecular weight is 485 g/mol. The van der Waals surface area contributed by atoms with Crippen LogP contribution >= 0.6 is 0 Å². The topological polar surface area (TPSA) is 123 Å². The summed E-state index contributed by atoms with van der Waals surface area (Å²) in [5, 5.41) is 1.45. The minimum absolute atomic E-state index is 0.0218. The van der Waals surface area contributed by atoms with Gasteiger partial charge < -0.3 is 24.5 Å². The summed E-state index contributed by atoms with van der Waals surface area (Å²) in [7, 11) is 3.70. The minimum Gasteiger partial charge on any atom is -0.459 e. The van der Waals surface area contributed by atoms with E-state index in [1.807, 2.05) is 17.8 Å². The van der Waals surface area contributed by atoms with Crippen molar-refractivity contribution in [3.63, 3.8) is 0 Å². The lowest BCUT2D eigenvalue weighted by molar-refractivity contribution is 0.0959. The molecule has 0 saturated heterocycles. The molecule has 0 atom stereocenters. The Balaban J connectivity index is 1.42. The Morgan fingerprint density at radius 2 is 1.91 bits per heavy atom. The molecule has 3 aromatic heterocycles. The van der Waals surface area contributed by atoms with Crippen LogP contribution in [0.15, 0.2) is 53.3 Å². The van der Waals surface area contributed by atoms with Gasteiger partial charge >= 0.3 is 5.91 Å². The summed E-state index contributed by atoms with van der Waals surface area (Å²) in [4.78, 5) is 24.9. The average Bonchev–Trinajstić information content (AvgIpc) is 3.50. The molecule has 4 aromatic rings. The Morgan fingerprint density at radius 3 is 2.63 bits per heavy atom. The van der Waals surface area contributed by atoms with Crippen LogP contribution in [0.2, 0.25) is 0 Å². The van der Waals surface area contributed by atoms with Crippen LogP contribution in [0.25, 0.3) is 11.0 Å². The summed E-state index contributed by atoms with van der Waals surface area (Å²) in [5.74, 6) is 4.49. The van der Waals surface area contributed by atoms with E-state index in [4.69, 9.17) is 16.0 Å². The van der Waals surface area contributed by atoms with Gasteiger partial charge in [0.2, 0.25) is 5.95 Å². The predicted octanol–water partition coefficient (Wildman–Crippen LogP) is 2.47. The Bertz CT molecular complexity index is 1320. The fourth-order valence-electron chi connectivity index (χ4n) is 3.67. The Hall–Kier alpha value is -4.03. The van der Waals surface area contributed by atoms with Crippen LogP contribution in [0, 0.1) is 11.6 Å². The van der Waals surface area contributed by atoms with Crippen molar-refractivity contribution in [1.29, 1.82) is 0 Å². The van der Waals surface area contributed by atoms with Crippen molar-refractivity contribution < 1.29 is 18.0 Å². The molecule has 0 saturated carbocycles. The molecule has 35 heavy (non-hydrogen) atoms. The maximum absolute atomic E-state index is 14.0. The first-order valence-corrected chi connectivity index (χ1v) is 10.8. The largest absolute Gasteiger partial charge is 0.459 e. The molecule has 0 aliphatic rings. The molecule has 12 heteroatoms. The number of likely N-dealkylation sites (N-methyl/N-ethyl adjacent to an activating group) is 2. The van der Waals surface area contributed by atoms with Crippen molar-refractivity contribution >= 4 is 34.4 Å². The smallest absolute Gasteiger partial charge is 0.309 e. The van der Waals surface area contributed by atoms with Crippen molar-refractivity contribution in [2.75, 3.05) is 49.4 Å². The number of anilines is 3. The quantitative estimate of drug-likeness (QED) is 0.211. The third kappa shape index (κ3) is 5.23. The van der Waals surface area contributed by atoms with Crippen LogP contribution < -0.4 is 21.5 Å². The van der Waals surface area contributed by atoms with Crippen molar-refractivity contribution in [2.45, 2.75) is 6.54 Å². The zero-order valence-electron chi connectivity index (χ0n) is 19.4. The van der Waals surface area contributed by atoms with Gasteiger partial charge in [0.15, 0.2) is 11.6 Å². The Labute approximate surface area is 200 Å². The van der Waals surface area contributed by atoms with Gasteiger partial charge in [0, 0.05) is 45.5 Å². The highest BCUT2D eigenvalue weighted by atomic mass is 19.1. The molecule has 0 aliphatic heterocycles. The van der Waals surface area contributed by atoms with Crippen LogP contribution in [0.3, 0.4) is 0 Å². The molecule has 1 amide bonds. The fourth-order valence-corrected chi connectivity index (χ4v) is 3.67. The second-order valence-electron chi connectivity index (χ2n) is 8.12. The summed E-state index contributed by atoms with van der Waals surface area (Å²) < 4.78 is 34.2. The molecule has 10 nitrogen and oxygen atoms in total. The molecule has 0 fully saturated rings. The van der Waals surface area contributed by atoms with E-state index < -0.39 is 17.5 Å². The zero-order chi connectivity index (χ0) is 25.1. The number of nitrogen functional groups attached to an aromatic ring is 1. The lowest BCUT2D eigenvalue weighted by Crippen LogP contribution is -2.38. The number of hydrogen-bond donors (Lipinski definition) is 2. The third-order valence-electron chi connectivity index (χ3n) is 5.66. The number of amides is 1. The molecule has 3 heterocycles. The maximum Gasteiger partial charge on any atom is 0.309 e. The van der Waals surface area contributed by atoms with Gasteiger partial charge in [0.05, 0.1) is 17.3 Å². The highest BCUT2D eigenvalue weighted by Gasteiger charge is 2.22. The molecule has 4 rings (SSSR count). The number of rotatable bonds is 9. The first-order chi connectivity index (χ1) is 16.7. The van der Waals surface area contributed by atoms with Crippen LogP contribution in [0.5, 0.6) is 0 Å². The van der Waals surface area contributed by atoms with E-state index in [1.165, 1.54) is 24.5 Å². The van der Waals surface area contributed by atoms with E-state index in [-0.39, 0.29) is 17.5 Å². The van der Waals surface area contributed by atoms with E-state index in [2.05, 4.69) is 14.9 Å². The van der Waals surface area contributed by atoms with E-state index in [1.54, 1.807) is 24.1 Å². The first-order valence-electron chi connectivity index (χ1n) is 10.8. The Kier molecular flexibility index (Phi) is 6.94. The summed E-state index contributed by atoms with van der Waals surface area (Å²) >= 11 is 0. The number of aromatic nitrogens is 3. The van der Waals surface area contributed by atoms with Gasteiger partial charge in [-0.2, -0.15) is 9.97 Å². The summed E-state index contributed by atoms with van der Waals surface area (Å²) in [6.07, 6.45) is 3.20. The lowest BCUT2D eigenvalue weighted by atomic mass is 10.2. The maximum atomic E-state index is 14.0. The second-order valence-corrected chi connectivity index (χ2v) is 8.12. The first kappa shape index (κ1) is 24.1. The molecule has 1 aromatic carbocycles. The summed E-state index contributed by atoms with van der Waals surface area (Å²) in [5.41, 5.74) is 6.78. The van der Waals surface area contributed by atoms with E-state index in [0.717, 1.165) is 11.1 Å². The van der Waals surface area contributed by atoms with Crippen LogP contribution in [0.1, 0.15) is 10.6 Å². The van der Waals surface area contributed by atoms with Gasteiger partial charge in [-0.05, 0) is 37.4 Å². The molecule has 0 spiro atoms. The number of nitrogens with two attached hydrogens (primary N) is 2. The number of hydrazine groups is 1. The van der Waals surface area contributed by atoms with Gasteiger partial charge in [0.25, 0.3) is 0 Å². The van der Waals surface area contributed by atoms with Gasteiger partial charge in [-0.3, -0.25) is 4.79 Å². The van der Waals surface area contributed by atoms with Gasteiger partial charge in [-0.25, -0.2) is 19.6 Å². The van der Waals surface area contributed by atoms with Crippen molar-refractivity contribution in [3.05, 3.63) is 66.3 Å². The van der Waals surface area contributed by atoms with E-state index in [0.29, 0.717) is 42.9 Å². The number of fused-ring (bicyclic) bond motifs is 1. The number of carbonyl (C=O) groups is 1. The van der Waals surface area contributed by atoms with Crippen molar-refractivity contribution in [1.82, 2.24) is 19.4 Å². The number of nitrogens with zero attached hydrogens (tertiary/aromatic N) is 6. The lowest BCUT2D eigenvalue weighted by Gasteiger charge is -2.24. The van der Waals surface area contributed by atoms with Gasteiger partial charge in [-0.15, -0.1) is 0 Å². The van der Waals surface area contributed by atoms with Crippen LogP contribution in [0.4, 0.5) is 26.2 Å². The fraction of sp³-hybridized carbons (Fsp3) is 0.261. The normalized spacial score (nSPS) is 11.4. The van der Waals surface area contributed by atoms with Crippen LogP contribution in [-0.4, -0.2) is 59.1 Å². The molecule has 4 N–H and O–H groups in total. The molecule has 184 valence electrons. The minimum atomic E-state index is -0.605. The SMILES string of the molecule is CN(CCN(C)c1ccc(F)cc1F)CCn1ccc2c(N(N)C(=O)c3ccco3)nc(N)nc21. The van der Waals surface area contributed by atoms with E-state index in [9.17, 15) is 13.6 Å². The zero-order valence-corrected chi connectivity index (χ0v) is 19.4. The monoisotopic (exact) mass is 484 g/mol. The van der Waals surface area contributed by atoms with Gasteiger partial charge in [0.1, 0.15) is 17.3 Å². The van der Waals surface area contributed by atoms with Crippen molar-refractivity contribution in [3.8, 4) is 0 Å². The molecular weight excluding hydrogens is 458 g/mol. The summed E-state index contributed by atoms with van der Waals surface area (Å²) in [6, 6.07) is 8.40. The number of hydrogen-bond acceptors (Lipinski definition) is 8. The second kappa shape index (κ2) is 10.1. The molecule has 0 unspecified atom stereocenters. The number of benzene rings is 1.